The molecule has 0 aromatic heterocycles. The minimum absolute atomic E-state index is 0. The van der Waals surface area contributed by atoms with Gasteiger partial charge in [0.1, 0.15) is 11.8 Å². The zero-order valence-electron chi connectivity index (χ0n) is 29.7. The fourth-order valence-electron chi connectivity index (χ4n) is 5.79. The second-order valence-electron chi connectivity index (χ2n) is 12.7. The largest absolute Gasteiger partial charge is 1.00 e. The van der Waals surface area contributed by atoms with E-state index in [1.165, 1.54) is 25.3 Å². The summed E-state index contributed by atoms with van der Waals surface area (Å²) in [6.07, 6.45) is -6.15. The molecule has 0 radical (unpaired) electrons. The van der Waals surface area contributed by atoms with Crippen LogP contribution in [0.25, 0.3) is 0 Å². The standard InChI is InChI=1S/C36H40F3N5O7.Na/c1-21(2)17-28(31(47)40-27(19-30(45)46)24-12-7-6-8-13-24)44-32(48)35(4,36(37,38)39)43(34(44)50)20-23-15-16-26(29(18-23)51-5)42-33(49)41-25-14-10-9-11-22(25)3;/h6-16,18,21,27-28H,17,19-20H2,1-5H3,(H,40,47)(H,45,46)(H2,41,42,49);/q;+1/p-1/t27-,28-,35?;/m0./s1. The monoisotopic (exact) mass is 733 g/mol. The van der Waals surface area contributed by atoms with Gasteiger partial charge in [0.05, 0.1) is 18.8 Å². The minimum Gasteiger partial charge on any atom is -0.550 e. The summed E-state index contributed by atoms with van der Waals surface area (Å²) < 4.78 is 50.0. The Labute approximate surface area is 321 Å². The van der Waals surface area contributed by atoms with Crippen LogP contribution in [0, 0.1) is 12.8 Å². The number of ether oxygens (including phenoxy) is 1. The maximum atomic E-state index is 14.9. The van der Waals surface area contributed by atoms with Crippen molar-refractivity contribution in [1.29, 1.82) is 0 Å². The number of imide groups is 1. The number of methoxy groups -OCH3 is 1. The first-order valence-corrected chi connectivity index (χ1v) is 16.1. The van der Waals surface area contributed by atoms with E-state index >= 15 is 0 Å². The van der Waals surface area contributed by atoms with Crippen LogP contribution in [0.5, 0.6) is 5.75 Å². The van der Waals surface area contributed by atoms with Gasteiger partial charge in [0.25, 0.3) is 5.91 Å². The zero-order valence-corrected chi connectivity index (χ0v) is 31.7. The summed E-state index contributed by atoms with van der Waals surface area (Å²) in [6, 6.07) is 14.3. The molecule has 272 valence electrons. The number of urea groups is 2. The molecule has 1 aliphatic rings. The van der Waals surface area contributed by atoms with Crippen molar-refractivity contribution < 1.29 is 76.5 Å². The maximum Gasteiger partial charge on any atom is 1.00 e. The van der Waals surface area contributed by atoms with Crippen LogP contribution in [-0.4, -0.2) is 64.5 Å². The molecule has 1 saturated heterocycles. The molecule has 3 aromatic rings. The number of aryl methyl sites for hydroxylation is 1. The van der Waals surface area contributed by atoms with Gasteiger partial charge in [0.15, 0.2) is 0 Å². The van der Waals surface area contributed by atoms with Crippen LogP contribution in [0.15, 0.2) is 72.8 Å². The van der Waals surface area contributed by atoms with Crippen molar-refractivity contribution in [3.8, 4) is 5.75 Å². The molecule has 3 N–H and O–H groups in total. The number of anilines is 2. The molecule has 3 atom stereocenters. The molecule has 3 aromatic carbocycles. The third-order valence-corrected chi connectivity index (χ3v) is 8.61. The van der Waals surface area contributed by atoms with Crippen molar-refractivity contribution in [2.24, 2.45) is 5.92 Å². The van der Waals surface area contributed by atoms with Crippen molar-refractivity contribution in [3.63, 3.8) is 0 Å². The summed E-state index contributed by atoms with van der Waals surface area (Å²) in [6.45, 7) is 4.97. The van der Waals surface area contributed by atoms with E-state index in [0.29, 0.717) is 28.0 Å². The van der Waals surface area contributed by atoms with E-state index in [1.807, 2.05) is 6.07 Å². The minimum atomic E-state index is -5.27. The average Bonchev–Trinajstić information content (AvgIpc) is 3.25. The Morgan fingerprint density at radius 2 is 1.56 bits per heavy atom. The molecule has 1 aliphatic heterocycles. The number of hydrogen-bond acceptors (Lipinski definition) is 7. The Hall–Kier alpha value is -4.60. The molecule has 6 amide bonds. The first-order chi connectivity index (χ1) is 24.0. The molecule has 0 spiro atoms. The second-order valence-corrected chi connectivity index (χ2v) is 12.7. The van der Waals surface area contributed by atoms with Crippen LogP contribution in [0.1, 0.15) is 56.3 Å². The molecule has 0 saturated carbocycles. The number of hydrogen-bond donors (Lipinski definition) is 3. The zero-order chi connectivity index (χ0) is 37.7. The van der Waals surface area contributed by atoms with Crippen molar-refractivity contribution >= 4 is 41.2 Å². The van der Waals surface area contributed by atoms with Crippen molar-refractivity contribution in [2.75, 3.05) is 17.7 Å². The van der Waals surface area contributed by atoms with Crippen molar-refractivity contribution in [3.05, 3.63) is 89.5 Å². The van der Waals surface area contributed by atoms with E-state index in [2.05, 4.69) is 16.0 Å². The van der Waals surface area contributed by atoms with Gasteiger partial charge in [-0.2, -0.15) is 13.2 Å². The molecule has 4 rings (SSSR count). The van der Waals surface area contributed by atoms with Gasteiger partial charge in [-0.3, -0.25) is 14.5 Å². The number of rotatable bonds is 13. The van der Waals surface area contributed by atoms with E-state index in [1.54, 1.807) is 69.3 Å². The first-order valence-electron chi connectivity index (χ1n) is 16.1. The topological polar surface area (TPSA) is 160 Å². The van der Waals surface area contributed by atoms with Crippen molar-refractivity contribution in [2.45, 2.75) is 70.9 Å². The first kappa shape index (κ1) is 41.8. The second kappa shape index (κ2) is 17.3. The third kappa shape index (κ3) is 9.24. The summed E-state index contributed by atoms with van der Waals surface area (Å²) in [7, 11) is 1.29. The summed E-state index contributed by atoms with van der Waals surface area (Å²) in [4.78, 5) is 66.4. The fourth-order valence-corrected chi connectivity index (χ4v) is 5.79. The average molecular weight is 734 g/mol. The van der Waals surface area contributed by atoms with Crippen LogP contribution in [0.2, 0.25) is 0 Å². The van der Waals surface area contributed by atoms with E-state index in [4.69, 9.17) is 4.74 Å². The van der Waals surface area contributed by atoms with Crippen LogP contribution in [0.4, 0.5) is 34.1 Å². The number of amides is 6. The Kier molecular flexibility index (Phi) is 13.9. The molecule has 16 heteroatoms. The number of carboxylic acid groups (broad SMARTS) is 1. The van der Waals surface area contributed by atoms with Crippen LogP contribution in [-0.2, 0) is 20.9 Å². The van der Waals surface area contributed by atoms with Gasteiger partial charge >= 0.3 is 47.8 Å². The number of para-hydroxylation sites is 1. The predicted molar refractivity (Wildman–Crippen MR) is 179 cm³/mol. The SMILES string of the molecule is COc1cc(CN2C(=O)N([C@@H](CC(C)C)C(=O)N[C@@H](CC(=O)[O-])c3ccccc3)C(=O)C2(C)C(F)(F)F)ccc1NC(=O)Nc1ccccc1C.[Na+]. The molecular weight excluding hydrogens is 694 g/mol. The molecule has 1 unspecified atom stereocenters. The number of nitrogens with zero attached hydrogens (tertiary/aromatic N) is 2. The van der Waals surface area contributed by atoms with E-state index in [0.717, 1.165) is 5.56 Å². The smallest absolute Gasteiger partial charge is 0.550 e. The number of carboxylic acids is 1. The van der Waals surface area contributed by atoms with E-state index < -0.39 is 66.6 Å². The molecule has 52 heavy (non-hydrogen) atoms. The Balaban J connectivity index is 0.00000729. The Morgan fingerprint density at radius 3 is 2.13 bits per heavy atom. The number of aliphatic carboxylic acids is 1. The van der Waals surface area contributed by atoms with E-state index in [9.17, 15) is 42.3 Å². The molecule has 1 fully saturated rings. The summed E-state index contributed by atoms with van der Waals surface area (Å²) >= 11 is 0. The van der Waals surface area contributed by atoms with Crippen LogP contribution >= 0.6 is 0 Å². The normalized spacial score (nSPS) is 16.9. The fraction of sp³-hybridized carbons (Fsp3) is 0.361. The maximum absolute atomic E-state index is 14.9. The number of benzene rings is 3. The number of halogens is 3. The summed E-state index contributed by atoms with van der Waals surface area (Å²) in [5.41, 5.74) is -1.34. The Bertz CT molecular complexity index is 1790. The Morgan fingerprint density at radius 1 is 0.942 bits per heavy atom. The summed E-state index contributed by atoms with van der Waals surface area (Å²) in [5.74, 6) is -4.48. The number of carbonyl (C=O) groups is 5. The number of nitrogens with one attached hydrogen (secondary N) is 3. The molecule has 0 bridgehead atoms. The quantitative estimate of drug-likeness (QED) is 0.179. The van der Waals surface area contributed by atoms with Gasteiger partial charge in [-0.15, -0.1) is 0 Å². The predicted octanol–water partition coefficient (Wildman–Crippen LogP) is 2.15. The summed E-state index contributed by atoms with van der Waals surface area (Å²) in [5, 5.41) is 19.4. The number of alkyl halides is 3. The van der Waals surface area contributed by atoms with Gasteiger partial charge in [-0.25, -0.2) is 14.5 Å². The van der Waals surface area contributed by atoms with E-state index in [-0.39, 0.29) is 58.9 Å². The molecule has 1 heterocycles. The molecule has 12 nitrogen and oxygen atoms in total. The van der Waals surface area contributed by atoms with Gasteiger partial charge < -0.3 is 30.6 Å². The molecular formula is C36H39F3N5NaO7. The van der Waals surface area contributed by atoms with Crippen molar-refractivity contribution in [1.82, 2.24) is 15.1 Å². The van der Waals surface area contributed by atoms with Gasteiger partial charge in [-0.1, -0.05) is 68.4 Å². The van der Waals surface area contributed by atoms with Gasteiger partial charge in [-0.05, 0) is 61.1 Å². The van der Waals surface area contributed by atoms with Gasteiger partial charge in [0.2, 0.25) is 11.4 Å². The van der Waals surface area contributed by atoms with Crippen LogP contribution in [0.3, 0.4) is 0 Å². The van der Waals surface area contributed by atoms with Gasteiger partial charge in [0, 0.05) is 24.6 Å². The number of carbonyl (C=O) groups excluding carboxylic acids is 5. The molecule has 0 aliphatic carbocycles. The van der Waals surface area contributed by atoms with Crippen LogP contribution < -0.4 is 55.4 Å². The third-order valence-electron chi connectivity index (χ3n) is 8.61.